The number of ether oxygens (including phenoxy) is 1. The van der Waals surface area contributed by atoms with Gasteiger partial charge in [-0.25, -0.2) is 4.79 Å². The molecule has 3 N–H and O–H groups in total. The number of anilines is 2. The van der Waals surface area contributed by atoms with Crippen LogP contribution in [0.2, 0.25) is 10.0 Å². The molecule has 3 amide bonds. The monoisotopic (exact) mass is 507 g/mol. The molecule has 3 rings (SSSR count). The fourth-order valence-electron chi connectivity index (χ4n) is 2.89. The summed E-state index contributed by atoms with van der Waals surface area (Å²) in [5, 5.41) is 18.0. The second-order valence-corrected chi connectivity index (χ2v) is 9.01. The van der Waals surface area contributed by atoms with Gasteiger partial charge in [0.2, 0.25) is 11.0 Å². The topological polar surface area (TPSA) is 105 Å². The summed E-state index contributed by atoms with van der Waals surface area (Å²) in [5.41, 5.74) is 1.31. The molecule has 11 heteroatoms. The lowest BCUT2D eigenvalue weighted by atomic mass is 9.98. The van der Waals surface area contributed by atoms with Crippen LogP contribution in [-0.2, 0) is 4.79 Å². The Morgan fingerprint density at radius 1 is 1.06 bits per heavy atom. The predicted octanol–water partition coefficient (Wildman–Crippen LogP) is 5.70. The first-order chi connectivity index (χ1) is 15.8. The van der Waals surface area contributed by atoms with Crippen molar-refractivity contribution in [3.63, 3.8) is 0 Å². The van der Waals surface area contributed by atoms with Gasteiger partial charge in [-0.15, -0.1) is 10.2 Å². The maximum absolute atomic E-state index is 13.0. The highest BCUT2D eigenvalue weighted by atomic mass is 35.5. The first-order valence-corrected chi connectivity index (χ1v) is 11.7. The number of carbonyl (C=O) groups excluding carboxylic acids is 2. The summed E-state index contributed by atoms with van der Waals surface area (Å²) in [6, 6.07) is 10.8. The third-order valence-electron chi connectivity index (χ3n) is 4.95. The van der Waals surface area contributed by atoms with Crippen molar-refractivity contribution >= 4 is 57.3 Å². The highest BCUT2D eigenvalue weighted by Gasteiger charge is 2.27. The molecule has 2 aromatic carbocycles. The standard InChI is InChI=1S/C22H23Cl2N5O3S/c1-4-12(2)18(26-21(31)25-14-7-10-16(23)17(24)11-14)19(30)27-22-29-28-20(33-22)13-5-8-15(32-3)9-6-13/h5-12,18H,4H2,1-3H3,(H2,25,26,31)(H,27,29,30)/t12-,18+/m1/s1. The number of urea groups is 1. The fraction of sp³-hybridized carbons (Fsp3) is 0.273. The molecule has 0 aliphatic carbocycles. The SMILES string of the molecule is CC[C@@H](C)[C@H](NC(=O)Nc1ccc(Cl)c(Cl)c1)C(=O)Nc1nnc(-c2ccc(OC)cc2)s1. The average molecular weight is 508 g/mol. The van der Waals surface area contributed by atoms with E-state index in [2.05, 4.69) is 26.1 Å². The first-order valence-electron chi connectivity index (χ1n) is 10.1. The van der Waals surface area contributed by atoms with E-state index in [9.17, 15) is 9.59 Å². The second-order valence-electron chi connectivity index (χ2n) is 7.22. The predicted molar refractivity (Wildman–Crippen MR) is 132 cm³/mol. The van der Waals surface area contributed by atoms with Crippen LogP contribution in [0.1, 0.15) is 20.3 Å². The molecular weight excluding hydrogens is 485 g/mol. The van der Waals surface area contributed by atoms with Crippen molar-refractivity contribution < 1.29 is 14.3 Å². The number of hydrogen-bond donors (Lipinski definition) is 3. The number of amides is 3. The number of nitrogens with one attached hydrogen (secondary N) is 3. The van der Waals surface area contributed by atoms with Crippen LogP contribution in [-0.4, -0.2) is 35.3 Å². The average Bonchev–Trinajstić information content (AvgIpc) is 3.27. The van der Waals surface area contributed by atoms with Crippen LogP contribution in [0.15, 0.2) is 42.5 Å². The van der Waals surface area contributed by atoms with Gasteiger partial charge in [-0.1, -0.05) is 54.8 Å². The van der Waals surface area contributed by atoms with Crippen LogP contribution >= 0.6 is 34.5 Å². The molecule has 0 unspecified atom stereocenters. The Balaban J connectivity index is 1.67. The van der Waals surface area contributed by atoms with Crippen molar-refractivity contribution in [3.05, 3.63) is 52.5 Å². The minimum Gasteiger partial charge on any atom is -0.497 e. The fourth-order valence-corrected chi connectivity index (χ4v) is 3.94. The third-order valence-corrected chi connectivity index (χ3v) is 6.58. The van der Waals surface area contributed by atoms with Crippen LogP contribution in [0.5, 0.6) is 5.75 Å². The van der Waals surface area contributed by atoms with Crippen LogP contribution < -0.4 is 20.7 Å². The van der Waals surface area contributed by atoms with Gasteiger partial charge in [0.25, 0.3) is 0 Å². The zero-order chi connectivity index (χ0) is 24.0. The van der Waals surface area contributed by atoms with E-state index < -0.39 is 12.1 Å². The molecular formula is C22H23Cl2N5O3S. The van der Waals surface area contributed by atoms with Crippen molar-refractivity contribution in [1.29, 1.82) is 0 Å². The Morgan fingerprint density at radius 2 is 1.79 bits per heavy atom. The van der Waals surface area contributed by atoms with Gasteiger partial charge in [-0.3, -0.25) is 10.1 Å². The van der Waals surface area contributed by atoms with Gasteiger partial charge in [0.05, 0.1) is 17.2 Å². The molecule has 0 radical (unpaired) electrons. The van der Waals surface area contributed by atoms with E-state index in [-0.39, 0.29) is 11.8 Å². The molecule has 0 fully saturated rings. The molecule has 0 saturated heterocycles. The van der Waals surface area contributed by atoms with E-state index in [1.807, 2.05) is 38.1 Å². The number of nitrogens with zero attached hydrogens (tertiary/aromatic N) is 2. The number of halogens is 2. The quantitative estimate of drug-likeness (QED) is 0.362. The van der Waals surface area contributed by atoms with Crippen molar-refractivity contribution in [2.75, 3.05) is 17.7 Å². The van der Waals surface area contributed by atoms with Crippen LogP contribution in [0, 0.1) is 5.92 Å². The molecule has 8 nitrogen and oxygen atoms in total. The molecule has 3 aromatic rings. The Bertz CT molecular complexity index is 1120. The van der Waals surface area contributed by atoms with E-state index in [4.69, 9.17) is 27.9 Å². The van der Waals surface area contributed by atoms with Crippen molar-refractivity contribution in [2.24, 2.45) is 5.92 Å². The van der Waals surface area contributed by atoms with Crippen molar-refractivity contribution in [1.82, 2.24) is 15.5 Å². The lowest BCUT2D eigenvalue weighted by Gasteiger charge is -2.23. The number of rotatable bonds is 8. The lowest BCUT2D eigenvalue weighted by Crippen LogP contribution is -2.49. The smallest absolute Gasteiger partial charge is 0.319 e. The molecule has 0 spiro atoms. The number of hydrogen-bond acceptors (Lipinski definition) is 6. The van der Waals surface area contributed by atoms with Gasteiger partial charge in [-0.2, -0.15) is 0 Å². The summed E-state index contributed by atoms with van der Waals surface area (Å²) in [4.78, 5) is 25.5. The first kappa shape index (κ1) is 24.8. The number of aromatic nitrogens is 2. The Kier molecular flexibility index (Phi) is 8.49. The Hall–Kier alpha value is -2.88. The van der Waals surface area contributed by atoms with Crippen LogP contribution in [0.3, 0.4) is 0 Å². The number of benzene rings is 2. The van der Waals surface area contributed by atoms with Gasteiger partial charge in [0, 0.05) is 11.3 Å². The van der Waals surface area contributed by atoms with Gasteiger partial charge >= 0.3 is 6.03 Å². The summed E-state index contributed by atoms with van der Waals surface area (Å²) in [7, 11) is 1.60. The number of carbonyl (C=O) groups is 2. The summed E-state index contributed by atoms with van der Waals surface area (Å²) < 4.78 is 5.16. The summed E-state index contributed by atoms with van der Waals surface area (Å²) in [5.74, 6) is 0.225. The second kappa shape index (κ2) is 11.3. The summed E-state index contributed by atoms with van der Waals surface area (Å²) >= 11 is 13.1. The lowest BCUT2D eigenvalue weighted by molar-refractivity contribution is -0.119. The molecule has 2 atom stereocenters. The molecule has 1 aromatic heterocycles. The largest absolute Gasteiger partial charge is 0.497 e. The van der Waals surface area contributed by atoms with Gasteiger partial charge in [-0.05, 0) is 48.4 Å². The maximum atomic E-state index is 13.0. The van der Waals surface area contributed by atoms with Crippen LogP contribution in [0.4, 0.5) is 15.6 Å². The third kappa shape index (κ3) is 6.56. The van der Waals surface area contributed by atoms with E-state index in [1.54, 1.807) is 19.2 Å². The normalized spacial score (nSPS) is 12.5. The highest BCUT2D eigenvalue weighted by molar-refractivity contribution is 7.18. The molecule has 0 bridgehead atoms. The molecule has 33 heavy (non-hydrogen) atoms. The molecule has 0 saturated carbocycles. The molecule has 174 valence electrons. The maximum Gasteiger partial charge on any atom is 0.319 e. The molecule has 1 heterocycles. The molecule has 0 aliphatic heterocycles. The van der Waals surface area contributed by atoms with E-state index in [0.29, 0.717) is 32.3 Å². The minimum absolute atomic E-state index is 0.126. The van der Waals surface area contributed by atoms with Crippen molar-refractivity contribution in [2.45, 2.75) is 26.3 Å². The number of methoxy groups -OCH3 is 1. The summed E-state index contributed by atoms with van der Waals surface area (Å²) in [6.07, 6.45) is 0.679. The Labute approximate surface area is 205 Å². The summed E-state index contributed by atoms with van der Waals surface area (Å²) in [6.45, 7) is 3.82. The zero-order valence-corrected chi connectivity index (χ0v) is 20.5. The van der Waals surface area contributed by atoms with Crippen LogP contribution in [0.25, 0.3) is 10.6 Å². The molecule has 0 aliphatic rings. The minimum atomic E-state index is -0.786. The highest BCUT2D eigenvalue weighted by Crippen LogP contribution is 2.28. The Morgan fingerprint density at radius 3 is 2.42 bits per heavy atom. The zero-order valence-electron chi connectivity index (χ0n) is 18.2. The van der Waals surface area contributed by atoms with Gasteiger partial charge < -0.3 is 15.4 Å². The van der Waals surface area contributed by atoms with E-state index >= 15 is 0 Å². The van der Waals surface area contributed by atoms with Crippen molar-refractivity contribution in [3.8, 4) is 16.3 Å². The van der Waals surface area contributed by atoms with E-state index in [0.717, 1.165) is 11.3 Å². The van der Waals surface area contributed by atoms with Gasteiger partial charge in [0.15, 0.2) is 0 Å². The van der Waals surface area contributed by atoms with Gasteiger partial charge in [0.1, 0.15) is 16.8 Å². The van der Waals surface area contributed by atoms with E-state index in [1.165, 1.54) is 17.4 Å².